The van der Waals surface area contributed by atoms with Crippen molar-refractivity contribution in [2.75, 3.05) is 39.3 Å². The van der Waals surface area contributed by atoms with Crippen LogP contribution in [0.5, 0.6) is 0 Å². The highest BCUT2D eigenvalue weighted by molar-refractivity contribution is 5.76. The molecule has 0 atom stereocenters. The molecule has 0 rings (SSSR count). The Labute approximate surface area is 400 Å². The second kappa shape index (κ2) is 54.0. The number of carbonyl (C=O) groups excluding carboxylic acids is 3. The number of nitrogens with zero attached hydrogens (tertiary/aromatic N) is 1. The van der Waals surface area contributed by atoms with E-state index in [1.165, 1.54) is 212 Å². The van der Waals surface area contributed by atoms with E-state index in [0.717, 1.165) is 77.4 Å². The molecule has 0 heterocycles. The Bertz CT molecular complexity index is 842. The predicted molar refractivity (Wildman–Crippen MR) is 280 cm³/mol. The number of unbranched alkanes of at least 4 members (excludes halogenated alkanes) is 36. The topological polar surface area (TPSA) is 90.5 Å². The third kappa shape index (κ3) is 51.4. The number of hydrogen-bond donors (Lipinski definition) is 3. The Kier molecular flexibility index (Phi) is 52.6. The molecule has 0 spiro atoms. The van der Waals surface area contributed by atoms with E-state index < -0.39 is 0 Å². The minimum absolute atomic E-state index is 0.187. The molecule has 0 aromatic heterocycles. The first-order valence-corrected chi connectivity index (χ1v) is 29.1. The molecular weight excluding hydrogens is 789 g/mol. The molecule has 380 valence electrons. The fourth-order valence-electron chi connectivity index (χ4n) is 9.10. The summed E-state index contributed by atoms with van der Waals surface area (Å²) in [6.07, 6.45) is 56.1. The van der Waals surface area contributed by atoms with Gasteiger partial charge in [0.1, 0.15) is 0 Å². The van der Waals surface area contributed by atoms with Crippen molar-refractivity contribution >= 4 is 17.7 Å². The molecule has 7 heteroatoms. The van der Waals surface area contributed by atoms with Gasteiger partial charge in [-0.15, -0.1) is 0 Å². The summed E-state index contributed by atoms with van der Waals surface area (Å²) in [6.45, 7) is 11.7. The normalized spacial score (nSPS) is 11.4. The summed E-state index contributed by atoms with van der Waals surface area (Å²) in [5.74, 6) is 0.561. The molecule has 0 radical (unpaired) electrons. The van der Waals surface area contributed by atoms with Crippen LogP contribution in [0.2, 0.25) is 0 Å². The molecule has 0 fully saturated rings. The highest BCUT2D eigenvalue weighted by atomic mass is 16.2. The minimum atomic E-state index is 0.187. The average molecular weight is 904 g/mol. The fourth-order valence-corrected chi connectivity index (χ4v) is 9.10. The van der Waals surface area contributed by atoms with Crippen molar-refractivity contribution in [2.24, 2.45) is 0 Å². The van der Waals surface area contributed by atoms with Gasteiger partial charge in [0.2, 0.25) is 17.7 Å². The lowest BCUT2D eigenvalue weighted by atomic mass is 10.0. The van der Waals surface area contributed by atoms with E-state index in [2.05, 4.69) is 41.6 Å². The van der Waals surface area contributed by atoms with Crippen LogP contribution >= 0.6 is 0 Å². The lowest BCUT2D eigenvalue weighted by Crippen LogP contribution is -2.35. The molecular formula is C57H114N4O3. The summed E-state index contributed by atoms with van der Waals surface area (Å²) in [5, 5.41) is 9.50. The van der Waals surface area contributed by atoms with Crippen LogP contribution in [-0.2, 0) is 14.4 Å². The van der Waals surface area contributed by atoms with E-state index >= 15 is 0 Å². The van der Waals surface area contributed by atoms with Crippen LogP contribution in [0.1, 0.15) is 310 Å². The molecule has 3 N–H and O–H groups in total. The van der Waals surface area contributed by atoms with Crippen LogP contribution in [0.3, 0.4) is 0 Å². The van der Waals surface area contributed by atoms with Gasteiger partial charge in [0.15, 0.2) is 0 Å². The molecule has 64 heavy (non-hydrogen) atoms. The Balaban J connectivity index is 4.25. The summed E-state index contributed by atoms with van der Waals surface area (Å²) in [7, 11) is 0. The highest BCUT2D eigenvalue weighted by Gasteiger charge is 2.09. The quantitative estimate of drug-likeness (QED) is 0.0531. The molecule has 0 saturated heterocycles. The molecule has 7 nitrogen and oxygen atoms in total. The van der Waals surface area contributed by atoms with Crippen molar-refractivity contribution in [3.05, 3.63) is 0 Å². The van der Waals surface area contributed by atoms with Crippen LogP contribution in [0, 0.1) is 0 Å². The van der Waals surface area contributed by atoms with Gasteiger partial charge in [-0.25, -0.2) is 0 Å². The number of carbonyl (C=O) groups is 3. The van der Waals surface area contributed by atoms with Crippen molar-refractivity contribution in [3.63, 3.8) is 0 Å². The number of hydrogen-bond acceptors (Lipinski definition) is 4. The van der Waals surface area contributed by atoms with Crippen molar-refractivity contribution < 1.29 is 14.4 Å². The van der Waals surface area contributed by atoms with Gasteiger partial charge in [-0.2, -0.15) is 0 Å². The van der Waals surface area contributed by atoms with Gasteiger partial charge in [-0.05, 0) is 58.2 Å². The molecule has 0 bridgehead atoms. The van der Waals surface area contributed by atoms with Gasteiger partial charge >= 0.3 is 0 Å². The maximum Gasteiger partial charge on any atom is 0.219 e. The molecule has 0 saturated carbocycles. The van der Waals surface area contributed by atoms with Crippen LogP contribution in [0.4, 0.5) is 0 Å². The summed E-state index contributed by atoms with van der Waals surface area (Å²) in [6, 6.07) is 0. The van der Waals surface area contributed by atoms with Crippen LogP contribution < -0.4 is 16.0 Å². The second-order valence-electron chi connectivity index (χ2n) is 19.9. The molecule has 0 aliphatic rings. The standard InChI is InChI=1S/C57H114N4O3/c1-4-7-10-13-16-19-22-25-28-31-34-37-40-46-55(62)58-49-43-52-61(53-44-50-59-56(63)47-41-38-35-32-29-26-23-20-17-14-11-8-5-2)54-45-51-60-57(64)48-42-39-36-33-30-27-24-21-18-15-12-9-6-3/h4-54H2,1-3H3,(H,58,62)(H,59,63)(H,60,64). The lowest BCUT2D eigenvalue weighted by Gasteiger charge is -2.22. The van der Waals surface area contributed by atoms with Crippen LogP contribution in [-0.4, -0.2) is 61.9 Å². The predicted octanol–water partition coefficient (Wildman–Crippen LogP) is 16.3. The lowest BCUT2D eigenvalue weighted by molar-refractivity contribution is -0.122. The van der Waals surface area contributed by atoms with E-state index in [9.17, 15) is 14.4 Å². The first kappa shape index (κ1) is 62.4. The second-order valence-corrected chi connectivity index (χ2v) is 19.9. The van der Waals surface area contributed by atoms with Gasteiger partial charge in [0, 0.05) is 38.9 Å². The molecule has 0 unspecified atom stereocenters. The van der Waals surface area contributed by atoms with E-state index in [-0.39, 0.29) is 17.7 Å². The number of amides is 3. The monoisotopic (exact) mass is 903 g/mol. The molecule has 0 aliphatic heterocycles. The van der Waals surface area contributed by atoms with Gasteiger partial charge in [-0.3, -0.25) is 14.4 Å². The molecule has 0 aromatic rings. The highest BCUT2D eigenvalue weighted by Crippen LogP contribution is 2.16. The van der Waals surface area contributed by atoms with Crippen molar-refractivity contribution in [3.8, 4) is 0 Å². The Hall–Kier alpha value is -1.63. The van der Waals surface area contributed by atoms with Gasteiger partial charge in [0.05, 0.1) is 0 Å². The summed E-state index contributed by atoms with van der Waals surface area (Å²) < 4.78 is 0. The fraction of sp³-hybridized carbons (Fsp3) is 0.947. The zero-order valence-electron chi connectivity index (χ0n) is 43.7. The largest absolute Gasteiger partial charge is 0.356 e. The van der Waals surface area contributed by atoms with Crippen LogP contribution in [0.15, 0.2) is 0 Å². The smallest absolute Gasteiger partial charge is 0.219 e. The first-order valence-electron chi connectivity index (χ1n) is 29.1. The van der Waals surface area contributed by atoms with Crippen LogP contribution in [0.25, 0.3) is 0 Å². The molecule has 3 amide bonds. The van der Waals surface area contributed by atoms with Crippen molar-refractivity contribution in [1.82, 2.24) is 20.9 Å². The molecule has 0 aromatic carbocycles. The summed E-state index contributed by atoms with van der Waals surface area (Å²) in [5.41, 5.74) is 0. The summed E-state index contributed by atoms with van der Waals surface area (Å²) >= 11 is 0. The van der Waals surface area contributed by atoms with E-state index in [0.29, 0.717) is 38.9 Å². The van der Waals surface area contributed by atoms with E-state index in [1.807, 2.05) is 0 Å². The Morgan fingerprint density at radius 2 is 0.422 bits per heavy atom. The number of nitrogens with one attached hydrogen (secondary N) is 3. The van der Waals surface area contributed by atoms with Gasteiger partial charge < -0.3 is 20.9 Å². The van der Waals surface area contributed by atoms with Gasteiger partial charge in [0.25, 0.3) is 0 Å². The maximum atomic E-state index is 12.6. The maximum absolute atomic E-state index is 12.6. The Morgan fingerprint density at radius 3 is 0.609 bits per heavy atom. The zero-order valence-corrected chi connectivity index (χ0v) is 43.7. The first-order chi connectivity index (χ1) is 31.5. The molecule has 0 aliphatic carbocycles. The van der Waals surface area contributed by atoms with Crippen molar-refractivity contribution in [1.29, 1.82) is 0 Å². The van der Waals surface area contributed by atoms with Gasteiger partial charge in [-0.1, -0.05) is 252 Å². The van der Waals surface area contributed by atoms with Crippen molar-refractivity contribution in [2.45, 2.75) is 310 Å². The Morgan fingerprint density at radius 1 is 0.250 bits per heavy atom. The third-order valence-electron chi connectivity index (χ3n) is 13.4. The summed E-state index contributed by atoms with van der Waals surface area (Å²) in [4.78, 5) is 40.1. The minimum Gasteiger partial charge on any atom is -0.356 e. The van der Waals surface area contributed by atoms with E-state index in [1.54, 1.807) is 0 Å². The third-order valence-corrected chi connectivity index (χ3v) is 13.4. The number of rotatable bonds is 54. The zero-order chi connectivity index (χ0) is 46.5. The SMILES string of the molecule is CCCCCCCCCCCCCCCC(=O)NCCCN(CCCNC(=O)CCCCCCCCCCCCCCC)CCCNC(=O)CCCCCCCCCCCCCCC. The van der Waals surface area contributed by atoms with E-state index in [4.69, 9.17) is 0 Å². The average Bonchev–Trinajstić information content (AvgIpc) is 3.29.